The van der Waals surface area contributed by atoms with Crippen LogP contribution in [0.2, 0.25) is 0 Å². The van der Waals surface area contributed by atoms with Crippen LogP contribution >= 0.6 is 12.4 Å². The molecule has 4 nitrogen and oxygen atoms in total. The molecule has 3 rings (SSSR count). The number of nitrogen functional groups attached to an aromatic ring is 1. The Hall–Kier alpha value is -2.20. The molecule has 0 radical (unpaired) electrons. The van der Waals surface area contributed by atoms with E-state index in [0.717, 1.165) is 17.0 Å². The second kappa shape index (κ2) is 7.79. The zero-order valence-electron chi connectivity index (χ0n) is 14.9. The van der Waals surface area contributed by atoms with Crippen molar-refractivity contribution in [3.63, 3.8) is 0 Å². The zero-order chi connectivity index (χ0) is 17.3. The van der Waals surface area contributed by atoms with E-state index in [1.165, 1.54) is 12.8 Å². The number of nitrogens with zero attached hydrogens (tertiary/aromatic N) is 1. The molecule has 2 aromatic rings. The third kappa shape index (κ3) is 4.07. The van der Waals surface area contributed by atoms with E-state index >= 15 is 0 Å². The molecule has 1 fully saturated rings. The molecule has 1 amide bonds. The number of aryl methyl sites for hydroxylation is 1. The quantitative estimate of drug-likeness (QED) is 0.801. The maximum Gasteiger partial charge on any atom is 0.258 e. The smallest absolute Gasteiger partial charge is 0.258 e. The maximum atomic E-state index is 13.3. The molecule has 134 valence electrons. The Morgan fingerprint density at radius 3 is 2.40 bits per heavy atom. The van der Waals surface area contributed by atoms with Crippen molar-refractivity contribution < 1.29 is 9.53 Å². The van der Waals surface area contributed by atoms with Crippen molar-refractivity contribution in [2.75, 3.05) is 17.7 Å². The van der Waals surface area contributed by atoms with Gasteiger partial charge in [-0.3, -0.25) is 4.79 Å². The Bertz CT molecular complexity index is 742. The van der Waals surface area contributed by atoms with Crippen LogP contribution in [0.1, 0.15) is 35.7 Å². The zero-order valence-corrected chi connectivity index (χ0v) is 15.7. The lowest BCUT2D eigenvalue weighted by Gasteiger charge is -2.30. The van der Waals surface area contributed by atoms with E-state index in [-0.39, 0.29) is 24.4 Å². The molecule has 1 aliphatic rings. The molecule has 1 saturated carbocycles. The number of hydrogen-bond acceptors (Lipinski definition) is 3. The molecular weight excluding hydrogens is 336 g/mol. The standard InChI is InChI=1S/C20H24N2O2.ClH/c1-13-4-7-16(21)12-19(13)20(23)22(14(2)15-5-6-15)17-8-10-18(24-3)11-9-17;/h4,7-12,14-15H,5-6,21H2,1-3H3;1H. The molecule has 25 heavy (non-hydrogen) atoms. The van der Waals surface area contributed by atoms with Crippen LogP contribution in [-0.2, 0) is 0 Å². The van der Waals surface area contributed by atoms with E-state index in [4.69, 9.17) is 10.5 Å². The SMILES string of the molecule is COc1ccc(N(C(=O)c2cc(N)ccc2C)C(C)C2CC2)cc1.Cl. The van der Waals surface area contributed by atoms with Crippen LogP contribution in [0.3, 0.4) is 0 Å². The van der Waals surface area contributed by atoms with Crippen LogP contribution < -0.4 is 15.4 Å². The summed E-state index contributed by atoms with van der Waals surface area (Å²) in [7, 11) is 1.64. The predicted molar refractivity (Wildman–Crippen MR) is 105 cm³/mol. The van der Waals surface area contributed by atoms with Crippen LogP contribution in [0.4, 0.5) is 11.4 Å². The summed E-state index contributed by atoms with van der Waals surface area (Å²) in [6, 6.07) is 13.3. The van der Waals surface area contributed by atoms with Gasteiger partial charge in [0.25, 0.3) is 5.91 Å². The summed E-state index contributed by atoms with van der Waals surface area (Å²) >= 11 is 0. The Morgan fingerprint density at radius 2 is 1.84 bits per heavy atom. The molecule has 1 unspecified atom stereocenters. The number of hydrogen-bond donors (Lipinski definition) is 1. The monoisotopic (exact) mass is 360 g/mol. The maximum absolute atomic E-state index is 13.3. The summed E-state index contributed by atoms with van der Waals surface area (Å²) in [6.45, 7) is 4.07. The lowest BCUT2D eigenvalue weighted by molar-refractivity contribution is 0.0975. The van der Waals surface area contributed by atoms with Crippen molar-refractivity contribution in [2.24, 2.45) is 5.92 Å². The van der Waals surface area contributed by atoms with Crippen LogP contribution in [0.25, 0.3) is 0 Å². The second-order valence-electron chi connectivity index (χ2n) is 6.53. The van der Waals surface area contributed by atoms with Gasteiger partial charge in [-0.25, -0.2) is 0 Å². The van der Waals surface area contributed by atoms with Gasteiger partial charge in [0.15, 0.2) is 0 Å². The van der Waals surface area contributed by atoms with Gasteiger partial charge in [-0.1, -0.05) is 6.07 Å². The molecule has 0 saturated heterocycles. The first-order valence-corrected chi connectivity index (χ1v) is 8.35. The molecule has 1 aliphatic carbocycles. The summed E-state index contributed by atoms with van der Waals surface area (Å²) in [6.07, 6.45) is 2.36. The van der Waals surface area contributed by atoms with Gasteiger partial charge < -0.3 is 15.4 Å². The first-order valence-electron chi connectivity index (χ1n) is 8.35. The van der Waals surface area contributed by atoms with Crippen LogP contribution in [0.5, 0.6) is 5.75 Å². The molecule has 0 aliphatic heterocycles. The van der Waals surface area contributed by atoms with Gasteiger partial charge in [-0.15, -0.1) is 12.4 Å². The summed E-state index contributed by atoms with van der Waals surface area (Å²) in [5.74, 6) is 1.35. The first kappa shape index (κ1) is 19.1. The molecule has 0 bridgehead atoms. The van der Waals surface area contributed by atoms with Gasteiger partial charge in [0.2, 0.25) is 0 Å². The fraction of sp³-hybridized carbons (Fsp3) is 0.350. The Balaban J connectivity index is 0.00000225. The van der Waals surface area contributed by atoms with E-state index in [1.807, 2.05) is 48.2 Å². The van der Waals surface area contributed by atoms with Crippen molar-refractivity contribution in [3.05, 3.63) is 53.6 Å². The van der Waals surface area contributed by atoms with Crippen LogP contribution in [-0.4, -0.2) is 19.1 Å². The van der Waals surface area contributed by atoms with E-state index < -0.39 is 0 Å². The van der Waals surface area contributed by atoms with E-state index in [9.17, 15) is 4.79 Å². The summed E-state index contributed by atoms with van der Waals surface area (Å²) < 4.78 is 5.23. The number of amides is 1. The van der Waals surface area contributed by atoms with Gasteiger partial charge in [0.1, 0.15) is 5.75 Å². The van der Waals surface area contributed by atoms with Crippen LogP contribution in [0, 0.1) is 12.8 Å². The third-order valence-corrected chi connectivity index (χ3v) is 4.77. The number of rotatable bonds is 5. The number of halogens is 1. The largest absolute Gasteiger partial charge is 0.497 e. The molecule has 0 heterocycles. The van der Waals surface area contributed by atoms with Crippen molar-refractivity contribution in [2.45, 2.75) is 32.7 Å². The van der Waals surface area contributed by atoms with Gasteiger partial charge in [-0.2, -0.15) is 0 Å². The summed E-state index contributed by atoms with van der Waals surface area (Å²) in [5.41, 5.74) is 9.01. The van der Waals surface area contributed by atoms with Gasteiger partial charge in [0, 0.05) is 23.0 Å². The molecule has 0 aromatic heterocycles. The summed E-state index contributed by atoms with van der Waals surface area (Å²) in [4.78, 5) is 15.2. The minimum absolute atomic E-state index is 0. The molecule has 5 heteroatoms. The molecule has 0 spiro atoms. The third-order valence-electron chi connectivity index (χ3n) is 4.77. The van der Waals surface area contributed by atoms with Gasteiger partial charge >= 0.3 is 0 Å². The molecular formula is C20H25ClN2O2. The number of methoxy groups -OCH3 is 1. The number of benzene rings is 2. The van der Waals surface area contributed by atoms with Crippen molar-refractivity contribution in [3.8, 4) is 5.75 Å². The Morgan fingerprint density at radius 1 is 1.20 bits per heavy atom. The fourth-order valence-corrected chi connectivity index (χ4v) is 3.07. The number of ether oxygens (including phenoxy) is 1. The average molecular weight is 361 g/mol. The lowest BCUT2D eigenvalue weighted by Crippen LogP contribution is -2.40. The van der Waals surface area contributed by atoms with Crippen molar-refractivity contribution in [1.82, 2.24) is 0 Å². The highest BCUT2D eigenvalue weighted by Crippen LogP contribution is 2.38. The first-order chi connectivity index (χ1) is 11.5. The lowest BCUT2D eigenvalue weighted by atomic mass is 10.0. The normalized spacial score (nSPS) is 14.4. The van der Waals surface area contributed by atoms with Gasteiger partial charge in [-0.05, 0) is 74.6 Å². The molecule has 1 atom stereocenters. The fourth-order valence-electron chi connectivity index (χ4n) is 3.07. The Labute approximate surface area is 155 Å². The van der Waals surface area contributed by atoms with E-state index in [2.05, 4.69) is 6.92 Å². The highest BCUT2D eigenvalue weighted by atomic mass is 35.5. The van der Waals surface area contributed by atoms with Gasteiger partial charge in [0.05, 0.1) is 7.11 Å². The predicted octanol–water partition coefficient (Wildman–Crippen LogP) is 4.45. The number of anilines is 2. The Kier molecular flexibility index (Phi) is 5.96. The minimum Gasteiger partial charge on any atom is -0.497 e. The number of carbonyl (C=O) groups excluding carboxylic acids is 1. The van der Waals surface area contributed by atoms with E-state index in [1.54, 1.807) is 13.2 Å². The number of nitrogens with two attached hydrogens (primary N) is 1. The number of carbonyl (C=O) groups is 1. The van der Waals surface area contributed by atoms with Crippen molar-refractivity contribution in [1.29, 1.82) is 0 Å². The second-order valence-corrected chi connectivity index (χ2v) is 6.53. The highest BCUT2D eigenvalue weighted by molar-refractivity contribution is 6.08. The van der Waals surface area contributed by atoms with Crippen molar-refractivity contribution >= 4 is 29.7 Å². The van der Waals surface area contributed by atoms with E-state index in [0.29, 0.717) is 17.2 Å². The minimum atomic E-state index is 0. The highest BCUT2D eigenvalue weighted by Gasteiger charge is 2.35. The topological polar surface area (TPSA) is 55.6 Å². The average Bonchev–Trinajstić information content (AvgIpc) is 3.42. The summed E-state index contributed by atoms with van der Waals surface area (Å²) in [5, 5.41) is 0. The molecule has 2 aromatic carbocycles. The van der Waals surface area contributed by atoms with Crippen LogP contribution in [0.15, 0.2) is 42.5 Å². The molecule has 2 N–H and O–H groups in total.